The fraction of sp³-hybridized carbons (Fsp3) is 0.462. The van der Waals surface area contributed by atoms with Crippen LogP contribution in [-0.4, -0.2) is 23.5 Å². The monoisotopic (exact) mass is 365 g/mol. The van der Waals surface area contributed by atoms with Crippen molar-refractivity contribution in [1.29, 1.82) is 0 Å². The molecule has 0 spiro atoms. The molecule has 0 aromatic heterocycles. The van der Waals surface area contributed by atoms with Crippen molar-refractivity contribution in [3.05, 3.63) is 29.6 Å². The molecule has 0 amide bonds. The van der Waals surface area contributed by atoms with Crippen molar-refractivity contribution in [3.63, 3.8) is 0 Å². The molecule has 0 bridgehead atoms. The second kappa shape index (κ2) is 7.68. The van der Waals surface area contributed by atoms with E-state index in [-0.39, 0.29) is 15.7 Å². The van der Waals surface area contributed by atoms with E-state index in [1.165, 1.54) is 12.1 Å². The summed E-state index contributed by atoms with van der Waals surface area (Å²) < 4.78 is 19.1. The Morgan fingerprint density at radius 1 is 1.50 bits per heavy atom. The Kier molecular flexibility index (Phi) is 6.56. The fourth-order valence-corrected chi connectivity index (χ4v) is 1.91. The predicted molar refractivity (Wildman–Crippen MR) is 77.8 cm³/mol. The van der Waals surface area contributed by atoms with Gasteiger partial charge in [-0.1, -0.05) is 0 Å². The molecule has 3 nitrogen and oxygen atoms in total. The minimum Gasteiger partial charge on any atom is -0.489 e. The van der Waals surface area contributed by atoms with E-state index < -0.39 is 0 Å². The maximum Gasteiger partial charge on any atom is 0.192 e. The Bertz CT molecular complexity index is 412. The van der Waals surface area contributed by atoms with Crippen LogP contribution in [0.15, 0.2) is 18.2 Å². The lowest BCUT2D eigenvalue weighted by Crippen LogP contribution is -2.26. The molecule has 0 saturated carbocycles. The van der Waals surface area contributed by atoms with Crippen LogP contribution in [0, 0.1) is 5.82 Å². The fourth-order valence-electron chi connectivity index (χ4n) is 1.64. The van der Waals surface area contributed by atoms with Crippen molar-refractivity contribution in [2.24, 2.45) is 0 Å². The van der Waals surface area contributed by atoms with Gasteiger partial charge in [0.15, 0.2) is 3.79 Å². The molecule has 1 N–H and O–H groups in total. The molecule has 0 radical (unpaired) electrons. The van der Waals surface area contributed by atoms with Crippen LogP contribution in [-0.2, 0) is 11.2 Å². The molecule has 1 rings (SSSR count). The first-order valence-electron chi connectivity index (χ1n) is 5.80. The summed E-state index contributed by atoms with van der Waals surface area (Å²) in [6, 6.07) is 4.59. The van der Waals surface area contributed by atoms with Crippen LogP contribution in [0.1, 0.15) is 18.9 Å². The van der Waals surface area contributed by atoms with Gasteiger partial charge in [-0.15, -0.1) is 0 Å². The number of hydrogen-bond acceptors (Lipinski definition) is 3. The second-order valence-corrected chi connectivity index (χ2v) is 5.34. The largest absolute Gasteiger partial charge is 0.489 e. The number of aryl methyl sites for hydroxylation is 1. The highest BCUT2D eigenvalue weighted by Gasteiger charge is 2.07. The van der Waals surface area contributed by atoms with Gasteiger partial charge in [-0.3, -0.25) is 4.79 Å². The number of hydrogen-bond donors (Lipinski definition) is 1. The number of likely N-dealkylation sites (N-methyl/N-ethyl adjacent to an activating group) is 1. The lowest BCUT2D eigenvalue weighted by molar-refractivity contribution is -0.109. The van der Waals surface area contributed by atoms with Gasteiger partial charge in [-0.2, -0.15) is 0 Å². The third-order valence-corrected chi connectivity index (χ3v) is 2.91. The van der Waals surface area contributed by atoms with E-state index in [0.717, 1.165) is 5.56 Å². The van der Waals surface area contributed by atoms with Gasteiger partial charge < -0.3 is 10.1 Å². The van der Waals surface area contributed by atoms with E-state index in [4.69, 9.17) is 4.74 Å². The van der Waals surface area contributed by atoms with E-state index in [0.29, 0.717) is 25.1 Å². The van der Waals surface area contributed by atoms with Crippen LogP contribution in [0.5, 0.6) is 5.75 Å². The first-order valence-corrected chi connectivity index (χ1v) is 6.88. The second-order valence-electron chi connectivity index (χ2n) is 4.14. The van der Waals surface area contributed by atoms with Gasteiger partial charge in [0.2, 0.25) is 0 Å². The summed E-state index contributed by atoms with van der Waals surface area (Å²) in [5.74, 6) is 0.175. The van der Waals surface area contributed by atoms with E-state index in [2.05, 4.69) is 5.32 Å². The molecule has 0 fully saturated rings. The predicted octanol–water partition coefficient (Wildman–Crippen LogP) is 2.71. The number of rotatable bonds is 7. The van der Waals surface area contributed by atoms with Crippen LogP contribution in [0.4, 0.5) is 4.39 Å². The van der Waals surface area contributed by atoms with Crippen LogP contribution in [0.2, 0.25) is 0 Å². The summed E-state index contributed by atoms with van der Waals surface area (Å²) in [5, 5.41) is 2.99. The number of carbonyl (C=O) groups excluding carboxylic acids is 1. The zero-order chi connectivity index (χ0) is 13.5. The highest BCUT2D eigenvalue weighted by molar-refractivity contribution is 14.1. The first-order chi connectivity index (χ1) is 8.51. The molecule has 0 saturated heterocycles. The number of benzene rings is 1. The molecular weight excluding hydrogens is 348 g/mol. The van der Waals surface area contributed by atoms with Gasteiger partial charge in [-0.25, -0.2) is 4.39 Å². The van der Waals surface area contributed by atoms with Gasteiger partial charge in [0.05, 0.1) is 0 Å². The smallest absolute Gasteiger partial charge is 0.192 e. The number of halogens is 2. The molecule has 0 aliphatic carbocycles. The summed E-state index contributed by atoms with van der Waals surface area (Å²) >= 11 is 1.75. The van der Waals surface area contributed by atoms with Crippen molar-refractivity contribution in [2.45, 2.75) is 25.9 Å². The number of ether oxygens (including phenoxy) is 1. The van der Waals surface area contributed by atoms with Crippen LogP contribution >= 0.6 is 22.6 Å². The van der Waals surface area contributed by atoms with Crippen LogP contribution < -0.4 is 10.1 Å². The minimum absolute atomic E-state index is 0.0316. The number of nitrogens with one attached hydrogen (secondary N) is 1. The molecule has 5 heteroatoms. The first kappa shape index (κ1) is 15.4. The summed E-state index contributed by atoms with van der Waals surface area (Å²) in [5.41, 5.74) is 0.784. The van der Waals surface area contributed by atoms with Crippen molar-refractivity contribution in [2.75, 3.05) is 13.6 Å². The quantitative estimate of drug-likeness (QED) is 0.597. The molecule has 1 aromatic carbocycles. The van der Waals surface area contributed by atoms with Crippen molar-refractivity contribution < 1.29 is 13.9 Å². The van der Waals surface area contributed by atoms with Crippen LogP contribution in [0.3, 0.4) is 0 Å². The lowest BCUT2D eigenvalue weighted by atomic mass is 10.1. The van der Waals surface area contributed by atoms with Gasteiger partial charge in [0, 0.05) is 19.0 Å². The average molecular weight is 365 g/mol. The minimum atomic E-state index is -0.333. The maximum absolute atomic E-state index is 13.4. The Balaban J connectivity index is 2.70. The van der Waals surface area contributed by atoms with Crippen molar-refractivity contribution in [1.82, 2.24) is 5.32 Å². The van der Waals surface area contributed by atoms with Gasteiger partial charge >= 0.3 is 0 Å². The SMILES string of the molecule is CNC[C@@H](C)Oc1cc(F)cc(CCC(=O)I)c1. The molecule has 18 heavy (non-hydrogen) atoms. The van der Waals surface area contributed by atoms with E-state index in [1.54, 1.807) is 28.7 Å². The lowest BCUT2D eigenvalue weighted by Gasteiger charge is -2.15. The zero-order valence-corrected chi connectivity index (χ0v) is 12.7. The molecule has 0 unspecified atom stereocenters. The normalized spacial score (nSPS) is 12.2. The van der Waals surface area contributed by atoms with E-state index in [9.17, 15) is 9.18 Å². The van der Waals surface area contributed by atoms with E-state index >= 15 is 0 Å². The summed E-state index contributed by atoms with van der Waals surface area (Å²) in [7, 11) is 1.84. The molecular formula is C13H17FINO2. The zero-order valence-electron chi connectivity index (χ0n) is 10.5. The topological polar surface area (TPSA) is 38.3 Å². The van der Waals surface area contributed by atoms with Crippen molar-refractivity contribution >= 4 is 26.4 Å². The van der Waals surface area contributed by atoms with Crippen molar-refractivity contribution in [3.8, 4) is 5.75 Å². The Labute approximate surface area is 120 Å². The molecule has 1 aromatic rings. The average Bonchev–Trinajstić information content (AvgIpc) is 2.25. The molecule has 0 heterocycles. The highest BCUT2D eigenvalue weighted by atomic mass is 127. The Hall–Kier alpha value is -0.690. The van der Waals surface area contributed by atoms with Crippen LogP contribution in [0.25, 0.3) is 0 Å². The van der Waals surface area contributed by atoms with Gasteiger partial charge in [0.1, 0.15) is 17.7 Å². The van der Waals surface area contributed by atoms with Gasteiger partial charge in [-0.05, 0) is 60.7 Å². The van der Waals surface area contributed by atoms with E-state index in [1.807, 2.05) is 14.0 Å². The Morgan fingerprint density at radius 3 is 2.83 bits per heavy atom. The van der Waals surface area contributed by atoms with Gasteiger partial charge in [0.25, 0.3) is 0 Å². The molecule has 1 atom stereocenters. The summed E-state index contributed by atoms with van der Waals surface area (Å²) in [4.78, 5) is 10.9. The molecule has 100 valence electrons. The molecule has 0 aliphatic rings. The molecule has 0 aliphatic heterocycles. The number of carbonyl (C=O) groups is 1. The third kappa shape index (κ3) is 5.77. The highest BCUT2D eigenvalue weighted by Crippen LogP contribution is 2.19. The standard InChI is InChI=1S/C13H17FINO2/c1-9(8-16-2)18-12-6-10(3-4-13(15)17)5-11(14)7-12/h5-7,9,16H,3-4,8H2,1-2H3/t9-/m1/s1. The summed E-state index contributed by atoms with van der Waals surface area (Å²) in [6.07, 6.45) is 0.919. The Morgan fingerprint density at radius 2 is 2.22 bits per heavy atom. The maximum atomic E-state index is 13.4. The summed E-state index contributed by atoms with van der Waals surface area (Å²) in [6.45, 7) is 2.60. The third-order valence-electron chi connectivity index (χ3n) is 2.37.